The van der Waals surface area contributed by atoms with Gasteiger partial charge in [-0.25, -0.2) is 0 Å². The molecule has 3 nitrogen and oxygen atoms in total. The summed E-state index contributed by atoms with van der Waals surface area (Å²) in [7, 11) is 0. The lowest BCUT2D eigenvalue weighted by Crippen LogP contribution is -2.33. The van der Waals surface area contributed by atoms with E-state index in [1.807, 2.05) is 0 Å². The van der Waals surface area contributed by atoms with Crippen LogP contribution < -0.4 is 4.74 Å². The molecule has 1 aromatic carbocycles. The van der Waals surface area contributed by atoms with Crippen LogP contribution in [0.5, 0.6) is 5.75 Å². The van der Waals surface area contributed by atoms with E-state index >= 15 is 0 Å². The molecule has 2 atom stereocenters. The highest BCUT2D eigenvalue weighted by Crippen LogP contribution is 2.31. The maximum Gasteiger partial charge on any atom is 0.416 e. The number of alkyl halides is 3. The third-order valence-electron chi connectivity index (χ3n) is 4.11. The Morgan fingerprint density at radius 1 is 1.36 bits per heavy atom. The topological polar surface area (TPSA) is 32.7 Å². The van der Waals surface area contributed by atoms with Crippen LogP contribution in [0.15, 0.2) is 24.3 Å². The van der Waals surface area contributed by atoms with Gasteiger partial charge in [0.25, 0.3) is 0 Å². The Hall–Kier alpha value is -1.27. The van der Waals surface area contributed by atoms with E-state index in [0.717, 1.165) is 31.6 Å². The molecule has 1 heterocycles. The molecule has 1 saturated heterocycles. The number of ether oxygens (including phenoxy) is 1. The third kappa shape index (κ3) is 4.36. The van der Waals surface area contributed by atoms with E-state index < -0.39 is 17.8 Å². The van der Waals surface area contributed by atoms with Crippen LogP contribution >= 0.6 is 0 Å². The highest BCUT2D eigenvalue weighted by atomic mass is 19.4. The Labute approximate surface area is 128 Å². The number of hydrogen-bond acceptors (Lipinski definition) is 3. The molecular weight excluding hydrogens is 295 g/mol. The van der Waals surface area contributed by atoms with Crippen LogP contribution in [0.3, 0.4) is 0 Å². The van der Waals surface area contributed by atoms with Crippen molar-refractivity contribution in [2.45, 2.75) is 38.6 Å². The van der Waals surface area contributed by atoms with E-state index in [9.17, 15) is 18.3 Å². The fraction of sp³-hybridized carbons (Fsp3) is 0.625. The molecule has 2 rings (SSSR count). The van der Waals surface area contributed by atoms with Crippen molar-refractivity contribution in [2.75, 3.05) is 19.7 Å². The Morgan fingerprint density at radius 3 is 2.68 bits per heavy atom. The molecule has 1 aromatic rings. The van der Waals surface area contributed by atoms with Crippen molar-refractivity contribution in [1.29, 1.82) is 0 Å². The Kier molecular flexibility index (Phi) is 5.34. The number of hydrogen-bond donors (Lipinski definition) is 1. The minimum Gasteiger partial charge on any atom is -0.491 e. The Bertz CT molecular complexity index is 491. The van der Waals surface area contributed by atoms with E-state index in [0.29, 0.717) is 6.04 Å². The zero-order valence-electron chi connectivity index (χ0n) is 12.8. The van der Waals surface area contributed by atoms with E-state index in [1.165, 1.54) is 12.1 Å². The lowest BCUT2D eigenvalue weighted by Gasteiger charge is -2.22. The van der Waals surface area contributed by atoms with Crippen LogP contribution in [0.2, 0.25) is 0 Å². The Morgan fingerprint density at radius 2 is 2.09 bits per heavy atom. The summed E-state index contributed by atoms with van der Waals surface area (Å²) in [6.45, 7) is 5.95. The van der Waals surface area contributed by atoms with Gasteiger partial charge in [-0.1, -0.05) is 6.07 Å². The monoisotopic (exact) mass is 317 g/mol. The van der Waals surface area contributed by atoms with Crippen molar-refractivity contribution in [3.63, 3.8) is 0 Å². The summed E-state index contributed by atoms with van der Waals surface area (Å²) in [6.07, 6.45) is -4.18. The van der Waals surface area contributed by atoms with Crippen LogP contribution in [-0.2, 0) is 6.18 Å². The average molecular weight is 317 g/mol. The molecule has 1 aliphatic rings. The number of aliphatic hydroxyl groups is 1. The molecule has 0 bridgehead atoms. The molecular formula is C16H22F3NO2. The van der Waals surface area contributed by atoms with Gasteiger partial charge < -0.3 is 14.7 Å². The van der Waals surface area contributed by atoms with Crippen molar-refractivity contribution in [2.24, 2.45) is 5.92 Å². The summed E-state index contributed by atoms with van der Waals surface area (Å²) >= 11 is 0. The quantitative estimate of drug-likeness (QED) is 0.905. The van der Waals surface area contributed by atoms with Crippen molar-refractivity contribution in [3.05, 3.63) is 29.8 Å². The smallest absolute Gasteiger partial charge is 0.416 e. The van der Waals surface area contributed by atoms with Gasteiger partial charge in [-0.3, -0.25) is 0 Å². The summed E-state index contributed by atoms with van der Waals surface area (Å²) in [6, 6.07) is 5.17. The Balaban J connectivity index is 1.88. The van der Waals surface area contributed by atoms with E-state index in [2.05, 4.69) is 18.7 Å². The molecule has 6 heteroatoms. The minimum absolute atomic E-state index is 0.0118. The van der Waals surface area contributed by atoms with E-state index in [-0.39, 0.29) is 18.3 Å². The van der Waals surface area contributed by atoms with Crippen LogP contribution in [-0.4, -0.2) is 41.8 Å². The normalized spacial score (nSPS) is 21.3. The predicted octanol–water partition coefficient (Wildman–Crippen LogP) is 3.18. The molecule has 0 spiro atoms. The lowest BCUT2D eigenvalue weighted by molar-refractivity contribution is -0.137. The summed E-state index contributed by atoms with van der Waals surface area (Å²) in [5.74, 6) is 0.237. The van der Waals surface area contributed by atoms with Gasteiger partial charge >= 0.3 is 6.18 Å². The molecule has 0 amide bonds. The van der Waals surface area contributed by atoms with Gasteiger partial charge in [0.2, 0.25) is 0 Å². The highest BCUT2D eigenvalue weighted by molar-refractivity contribution is 5.30. The molecule has 0 saturated carbocycles. The number of halogens is 3. The van der Waals surface area contributed by atoms with Crippen molar-refractivity contribution >= 4 is 0 Å². The molecule has 124 valence electrons. The molecule has 1 N–H and O–H groups in total. The van der Waals surface area contributed by atoms with Crippen LogP contribution in [0, 0.1) is 5.92 Å². The first kappa shape index (κ1) is 17.1. The summed E-state index contributed by atoms with van der Waals surface area (Å²) in [5, 5.41) is 10.2. The average Bonchev–Trinajstić information content (AvgIpc) is 2.94. The van der Waals surface area contributed by atoms with Crippen LogP contribution in [0.25, 0.3) is 0 Å². The summed E-state index contributed by atoms with van der Waals surface area (Å²) < 4.78 is 43.2. The SMILES string of the molecule is CC(C)N1CCC(C(O)COc2cccc(C(F)(F)F)c2)C1. The second-order valence-corrected chi connectivity index (χ2v) is 6.04. The fourth-order valence-corrected chi connectivity index (χ4v) is 2.68. The van der Waals surface area contributed by atoms with Gasteiger partial charge in [0.15, 0.2) is 0 Å². The zero-order valence-corrected chi connectivity index (χ0v) is 12.8. The van der Waals surface area contributed by atoms with Gasteiger partial charge in [-0.2, -0.15) is 13.2 Å². The zero-order chi connectivity index (χ0) is 16.3. The van der Waals surface area contributed by atoms with Gasteiger partial charge in [-0.15, -0.1) is 0 Å². The fourth-order valence-electron chi connectivity index (χ4n) is 2.68. The second kappa shape index (κ2) is 6.87. The number of aliphatic hydroxyl groups excluding tert-OH is 1. The van der Waals surface area contributed by atoms with E-state index in [1.54, 1.807) is 0 Å². The second-order valence-electron chi connectivity index (χ2n) is 6.04. The summed E-state index contributed by atoms with van der Waals surface area (Å²) in [4.78, 5) is 2.28. The molecule has 1 fully saturated rings. The first-order valence-electron chi connectivity index (χ1n) is 7.49. The van der Waals surface area contributed by atoms with E-state index in [4.69, 9.17) is 4.74 Å². The number of likely N-dealkylation sites (tertiary alicyclic amines) is 1. The van der Waals surface area contributed by atoms with Gasteiger partial charge in [0, 0.05) is 18.5 Å². The van der Waals surface area contributed by atoms with Crippen LogP contribution in [0.4, 0.5) is 13.2 Å². The van der Waals surface area contributed by atoms with Gasteiger partial charge in [-0.05, 0) is 45.0 Å². The number of benzene rings is 1. The standard InChI is InChI=1S/C16H22F3NO2/c1-11(2)20-7-6-12(9-20)15(21)10-22-14-5-3-4-13(8-14)16(17,18)19/h3-5,8,11-12,15,21H,6-7,9-10H2,1-2H3. The number of rotatable bonds is 5. The van der Waals surface area contributed by atoms with Crippen molar-refractivity contribution < 1.29 is 23.0 Å². The molecule has 0 aromatic heterocycles. The molecule has 0 radical (unpaired) electrons. The molecule has 2 unspecified atom stereocenters. The van der Waals surface area contributed by atoms with Crippen molar-refractivity contribution in [1.82, 2.24) is 4.90 Å². The minimum atomic E-state index is -4.39. The lowest BCUT2D eigenvalue weighted by atomic mass is 10.0. The first-order valence-corrected chi connectivity index (χ1v) is 7.49. The number of nitrogens with zero attached hydrogens (tertiary/aromatic N) is 1. The van der Waals surface area contributed by atoms with Crippen LogP contribution in [0.1, 0.15) is 25.8 Å². The highest BCUT2D eigenvalue weighted by Gasteiger charge is 2.31. The first-order chi connectivity index (χ1) is 10.3. The third-order valence-corrected chi connectivity index (χ3v) is 4.11. The molecule has 0 aliphatic carbocycles. The molecule has 22 heavy (non-hydrogen) atoms. The van der Waals surface area contributed by atoms with Gasteiger partial charge in [0.1, 0.15) is 12.4 Å². The molecule has 1 aliphatic heterocycles. The summed E-state index contributed by atoms with van der Waals surface area (Å²) in [5.41, 5.74) is -0.744. The van der Waals surface area contributed by atoms with Crippen molar-refractivity contribution in [3.8, 4) is 5.75 Å². The predicted molar refractivity (Wildman–Crippen MR) is 77.8 cm³/mol. The maximum atomic E-state index is 12.6. The largest absolute Gasteiger partial charge is 0.491 e. The maximum absolute atomic E-state index is 12.6. The van der Waals surface area contributed by atoms with Gasteiger partial charge in [0.05, 0.1) is 11.7 Å².